The van der Waals surface area contributed by atoms with Gasteiger partial charge in [-0.2, -0.15) is 0 Å². The van der Waals surface area contributed by atoms with Crippen LogP contribution < -0.4 is 10.6 Å². The average molecular weight is 157 g/mol. The fourth-order valence-corrected chi connectivity index (χ4v) is 0.905. The fourth-order valence-electron chi connectivity index (χ4n) is 0.905. The van der Waals surface area contributed by atoms with E-state index in [0.717, 1.165) is 11.3 Å². The zero-order chi connectivity index (χ0) is 8.27. The predicted molar refractivity (Wildman–Crippen MR) is 38.9 cm³/mol. The lowest BCUT2D eigenvalue weighted by atomic mass is 10.4. The van der Waals surface area contributed by atoms with Crippen molar-refractivity contribution in [1.82, 2.24) is 15.5 Å². The molecule has 1 aliphatic rings. The molecule has 11 heavy (non-hydrogen) atoms. The molecule has 0 atom stereocenters. The molecule has 62 valence electrons. The second-order valence-corrected chi connectivity index (χ2v) is 2.29. The minimum atomic E-state index is -0.310. The summed E-state index contributed by atoms with van der Waals surface area (Å²) < 4.78 is 0. The van der Waals surface area contributed by atoms with Crippen LogP contribution in [0.4, 0.5) is 9.59 Å². The summed E-state index contributed by atoms with van der Waals surface area (Å²) in [4.78, 5) is 23.1. The Bertz CT molecular complexity index is 165. The average Bonchev–Trinajstić information content (AvgIpc) is 1.97. The molecule has 0 spiro atoms. The van der Waals surface area contributed by atoms with E-state index in [1.54, 1.807) is 0 Å². The Labute approximate surface area is 64.7 Å². The van der Waals surface area contributed by atoms with Crippen LogP contribution in [0.1, 0.15) is 13.3 Å². The molecule has 0 aromatic rings. The van der Waals surface area contributed by atoms with E-state index in [0.29, 0.717) is 6.54 Å². The third-order valence-electron chi connectivity index (χ3n) is 1.42. The van der Waals surface area contributed by atoms with Crippen molar-refractivity contribution in [3.63, 3.8) is 0 Å². The van der Waals surface area contributed by atoms with E-state index in [9.17, 15) is 9.59 Å². The van der Waals surface area contributed by atoms with Crippen LogP contribution in [-0.4, -0.2) is 30.2 Å². The van der Waals surface area contributed by atoms with Gasteiger partial charge < -0.3 is 10.6 Å². The lowest BCUT2D eigenvalue weighted by Crippen LogP contribution is -2.57. The highest BCUT2D eigenvalue weighted by molar-refractivity contribution is 5.95. The number of amides is 4. The van der Waals surface area contributed by atoms with Crippen LogP contribution in [0, 0.1) is 0 Å². The molecular weight excluding hydrogens is 146 g/mol. The van der Waals surface area contributed by atoms with Crippen molar-refractivity contribution in [1.29, 1.82) is 0 Å². The SMILES string of the molecule is CCCN1C(=O)NCNC1=O. The van der Waals surface area contributed by atoms with Crippen molar-refractivity contribution in [2.75, 3.05) is 13.2 Å². The second kappa shape index (κ2) is 3.23. The Kier molecular flexibility index (Phi) is 2.30. The first-order chi connectivity index (χ1) is 5.25. The predicted octanol–water partition coefficient (Wildman–Crippen LogP) is 0.0887. The van der Waals surface area contributed by atoms with Gasteiger partial charge in [0.05, 0.1) is 6.67 Å². The molecular formula is C6H11N3O2. The van der Waals surface area contributed by atoms with Crippen molar-refractivity contribution in [2.45, 2.75) is 13.3 Å². The third-order valence-corrected chi connectivity index (χ3v) is 1.42. The van der Waals surface area contributed by atoms with Gasteiger partial charge in [0.2, 0.25) is 0 Å². The Hall–Kier alpha value is -1.26. The van der Waals surface area contributed by atoms with Crippen LogP contribution in [0.5, 0.6) is 0 Å². The van der Waals surface area contributed by atoms with Crippen molar-refractivity contribution in [3.8, 4) is 0 Å². The highest BCUT2D eigenvalue weighted by atomic mass is 16.2. The van der Waals surface area contributed by atoms with Gasteiger partial charge in [-0.25, -0.2) is 14.5 Å². The second-order valence-electron chi connectivity index (χ2n) is 2.29. The lowest BCUT2D eigenvalue weighted by molar-refractivity contribution is 0.175. The molecule has 0 bridgehead atoms. The van der Waals surface area contributed by atoms with Crippen molar-refractivity contribution in [3.05, 3.63) is 0 Å². The summed E-state index contributed by atoms with van der Waals surface area (Å²) in [5.74, 6) is 0. The first kappa shape index (κ1) is 7.84. The summed E-state index contributed by atoms with van der Waals surface area (Å²) in [5.41, 5.74) is 0. The van der Waals surface area contributed by atoms with E-state index in [4.69, 9.17) is 0 Å². The van der Waals surface area contributed by atoms with E-state index in [2.05, 4.69) is 10.6 Å². The first-order valence-corrected chi connectivity index (χ1v) is 3.59. The molecule has 0 unspecified atom stereocenters. The van der Waals surface area contributed by atoms with Gasteiger partial charge in [-0.3, -0.25) is 0 Å². The van der Waals surface area contributed by atoms with Crippen molar-refractivity contribution in [2.24, 2.45) is 0 Å². The maximum absolute atomic E-state index is 10.9. The van der Waals surface area contributed by atoms with E-state index in [-0.39, 0.29) is 18.7 Å². The quantitative estimate of drug-likeness (QED) is 0.596. The number of carbonyl (C=O) groups excluding carboxylic acids is 2. The van der Waals surface area contributed by atoms with Gasteiger partial charge in [0.15, 0.2) is 0 Å². The smallest absolute Gasteiger partial charge is 0.320 e. The molecule has 1 aliphatic heterocycles. The molecule has 1 saturated heterocycles. The summed E-state index contributed by atoms with van der Waals surface area (Å²) in [6.45, 7) is 2.62. The fraction of sp³-hybridized carbons (Fsp3) is 0.667. The zero-order valence-electron chi connectivity index (χ0n) is 6.39. The zero-order valence-corrected chi connectivity index (χ0v) is 6.39. The molecule has 5 heteroatoms. The summed E-state index contributed by atoms with van der Waals surface area (Å²) in [7, 11) is 0. The van der Waals surface area contributed by atoms with Crippen LogP contribution in [0.2, 0.25) is 0 Å². The largest absolute Gasteiger partial charge is 0.326 e. The number of rotatable bonds is 2. The van der Waals surface area contributed by atoms with Crippen LogP contribution in [0.25, 0.3) is 0 Å². The van der Waals surface area contributed by atoms with E-state index in [1.807, 2.05) is 6.92 Å². The first-order valence-electron chi connectivity index (χ1n) is 3.59. The van der Waals surface area contributed by atoms with Gasteiger partial charge in [-0.05, 0) is 6.42 Å². The molecule has 1 fully saturated rings. The standard InChI is InChI=1S/C6H11N3O2/c1-2-3-9-5(10)7-4-8-6(9)11/h2-4H2,1H3,(H,7,10)(H,8,11). The summed E-state index contributed by atoms with van der Waals surface area (Å²) in [6, 6.07) is -0.619. The molecule has 5 nitrogen and oxygen atoms in total. The van der Waals surface area contributed by atoms with Crippen LogP contribution in [0.15, 0.2) is 0 Å². The molecule has 0 aromatic carbocycles. The number of imide groups is 1. The monoisotopic (exact) mass is 157 g/mol. The molecule has 0 aromatic heterocycles. The topological polar surface area (TPSA) is 61.4 Å². The van der Waals surface area contributed by atoms with E-state index < -0.39 is 0 Å². The normalized spacial score (nSPS) is 17.7. The molecule has 0 aliphatic carbocycles. The number of hydrogen-bond donors (Lipinski definition) is 2. The molecule has 2 N–H and O–H groups in total. The Morgan fingerprint density at radius 3 is 2.36 bits per heavy atom. The van der Waals surface area contributed by atoms with Crippen LogP contribution in [0.3, 0.4) is 0 Å². The highest BCUT2D eigenvalue weighted by Crippen LogP contribution is 1.96. The van der Waals surface area contributed by atoms with Gasteiger partial charge in [0.25, 0.3) is 0 Å². The molecule has 1 heterocycles. The van der Waals surface area contributed by atoms with Crippen LogP contribution >= 0.6 is 0 Å². The van der Waals surface area contributed by atoms with E-state index in [1.165, 1.54) is 0 Å². The van der Waals surface area contributed by atoms with Crippen molar-refractivity contribution < 1.29 is 9.59 Å². The van der Waals surface area contributed by atoms with Gasteiger partial charge in [-0.15, -0.1) is 0 Å². The minimum absolute atomic E-state index is 0.234. The summed E-state index contributed by atoms with van der Waals surface area (Å²) >= 11 is 0. The van der Waals surface area contributed by atoms with Crippen LogP contribution in [-0.2, 0) is 0 Å². The number of urea groups is 2. The van der Waals surface area contributed by atoms with Gasteiger partial charge in [-0.1, -0.05) is 6.92 Å². The molecule has 4 amide bonds. The van der Waals surface area contributed by atoms with E-state index >= 15 is 0 Å². The summed E-state index contributed by atoms with van der Waals surface area (Å²) in [6.07, 6.45) is 0.779. The minimum Gasteiger partial charge on any atom is -0.320 e. The molecule has 1 rings (SSSR count). The molecule has 0 radical (unpaired) electrons. The summed E-state index contributed by atoms with van der Waals surface area (Å²) in [5, 5.41) is 5.00. The Morgan fingerprint density at radius 2 is 1.91 bits per heavy atom. The number of carbonyl (C=O) groups is 2. The number of nitrogens with one attached hydrogen (secondary N) is 2. The van der Waals surface area contributed by atoms with Gasteiger partial charge in [0, 0.05) is 6.54 Å². The number of nitrogens with zero attached hydrogens (tertiary/aromatic N) is 1. The highest BCUT2D eigenvalue weighted by Gasteiger charge is 2.23. The lowest BCUT2D eigenvalue weighted by Gasteiger charge is -2.25. The maximum Gasteiger partial charge on any atom is 0.326 e. The number of hydrogen-bond acceptors (Lipinski definition) is 2. The van der Waals surface area contributed by atoms with Crippen molar-refractivity contribution >= 4 is 12.1 Å². The maximum atomic E-state index is 10.9. The van der Waals surface area contributed by atoms with Gasteiger partial charge in [0.1, 0.15) is 0 Å². The Morgan fingerprint density at radius 1 is 1.36 bits per heavy atom. The molecule has 0 saturated carbocycles. The third kappa shape index (κ3) is 1.60. The van der Waals surface area contributed by atoms with Gasteiger partial charge >= 0.3 is 12.1 Å². The Balaban J connectivity index is 2.55.